The average molecular weight is 237 g/mol. The van der Waals surface area contributed by atoms with Crippen LogP contribution in [0.25, 0.3) is 0 Å². The first kappa shape index (κ1) is 14.5. The van der Waals surface area contributed by atoms with E-state index in [1.165, 1.54) is 12.8 Å². The van der Waals surface area contributed by atoms with Gasteiger partial charge in [-0.25, -0.2) is 0 Å². The van der Waals surface area contributed by atoms with Crippen molar-refractivity contribution in [3.05, 3.63) is 0 Å². The van der Waals surface area contributed by atoms with Crippen LogP contribution in [0.1, 0.15) is 52.4 Å². The van der Waals surface area contributed by atoms with Crippen molar-refractivity contribution >= 4 is 0 Å². The Balaban J connectivity index is 2.46. The van der Waals surface area contributed by atoms with Gasteiger partial charge in [-0.3, -0.25) is 5.32 Å². The van der Waals surface area contributed by atoms with E-state index in [-0.39, 0.29) is 5.54 Å². The van der Waals surface area contributed by atoms with E-state index in [4.69, 9.17) is 0 Å². The van der Waals surface area contributed by atoms with Gasteiger partial charge in [0.1, 0.15) is 5.54 Å². The van der Waals surface area contributed by atoms with Gasteiger partial charge in [0.25, 0.3) is 0 Å². The zero-order valence-electron chi connectivity index (χ0n) is 11.6. The van der Waals surface area contributed by atoms with Crippen molar-refractivity contribution < 1.29 is 0 Å². The summed E-state index contributed by atoms with van der Waals surface area (Å²) in [5.41, 5.74) is -0.249. The number of nitrogens with one attached hydrogen (secondary N) is 1. The van der Waals surface area contributed by atoms with Crippen LogP contribution in [0.5, 0.6) is 0 Å². The molecule has 98 valence electrons. The molecule has 0 aromatic rings. The van der Waals surface area contributed by atoms with Crippen molar-refractivity contribution in [3.63, 3.8) is 0 Å². The molecule has 0 radical (unpaired) electrons. The van der Waals surface area contributed by atoms with Gasteiger partial charge in [-0.05, 0) is 52.2 Å². The van der Waals surface area contributed by atoms with Crippen LogP contribution in [0.3, 0.4) is 0 Å². The van der Waals surface area contributed by atoms with E-state index in [1.807, 2.05) is 0 Å². The van der Waals surface area contributed by atoms with Gasteiger partial charge < -0.3 is 4.90 Å². The predicted octanol–water partition coefficient (Wildman–Crippen LogP) is 2.53. The molecular formula is C14H27N3. The summed E-state index contributed by atoms with van der Waals surface area (Å²) in [6.45, 7) is 6.50. The highest BCUT2D eigenvalue weighted by atomic mass is 15.1. The van der Waals surface area contributed by atoms with Crippen LogP contribution in [-0.4, -0.2) is 36.6 Å². The highest BCUT2D eigenvalue weighted by molar-refractivity contribution is 5.13. The summed E-state index contributed by atoms with van der Waals surface area (Å²) >= 11 is 0. The smallest absolute Gasteiger partial charge is 0.108 e. The molecule has 1 saturated carbocycles. The number of unbranched alkanes of at least 4 members (excludes halogenated alkanes) is 1. The third-order valence-electron chi connectivity index (χ3n) is 3.90. The van der Waals surface area contributed by atoms with Crippen LogP contribution in [0, 0.1) is 11.3 Å². The molecule has 0 aliphatic heterocycles. The Morgan fingerprint density at radius 3 is 2.76 bits per heavy atom. The number of hydrogen-bond donors (Lipinski definition) is 1. The highest BCUT2D eigenvalue weighted by Crippen LogP contribution is 2.32. The molecule has 2 atom stereocenters. The lowest BCUT2D eigenvalue weighted by Crippen LogP contribution is -2.43. The first-order chi connectivity index (χ1) is 8.17. The molecule has 1 fully saturated rings. The van der Waals surface area contributed by atoms with Crippen molar-refractivity contribution in [2.45, 2.75) is 64.0 Å². The van der Waals surface area contributed by atoms with E-state index < -0.39 is 0 Å². The summed E-state index contributed by atoms with van der Waals surface area (Å²) < 4.78 is 0. The number of rotatable bonds is 7. The molecule has 0 aromatic carbocycles. The molecule has 0 bridgehead atoms. The Labute approximate surface area is 106 Å². The minimum atomic E-state index is -0.249. The Morgan fingerprint density at radius 1 is 1.41 bits per heavy atom. The Hall–Kier alpha value is -0.590. The zero-order valence-corrected chi connectivity index (χ0v) is 11.6. The molecule has 17 heavy (non-hydrogen) atoms. The zero-order chi connectivity index (χ0) is 12.7. The van der Waals surface area contributed by atoms with Gasteiger partial charge in [-0.15, -0.1) is 0 Å². The van der Waals surface area contributed by atoms with Gasteiger partial charge in [0.05, 0.1) is 6.07 Å². The largest absolute Gasteiger partial charge is 0.303 e. The van der Waals surface area contributed by atoms with Crippen LogP contribution < -0.4 is 5.32 Å². The summed E-state index contributed by atoms with van der Waals surface area (Å²) in [4.78, 5) is 2.44. The van der Waals surface area contributed by atoms with E-state index in [1.54, 1.807) is 0 Å². The summed E-state index contributed by atoms with van der Waals surface area (Å²) in [6, 6.07) is 3.10. The molecule has 3 heteroatoms. The molecule has 1 aliphatic rings. The fourth-order valence-electron chi connectivity index (χ4n) is 2.65. The highest BCUT2D eigenvalue weighted by Gasteiger charge is 2.40. The van der Waals surface area contributed by atoms with Gasteiger partial charge >= 0.3 is 0 Å². The molecule has 0 spiro atoms. The summed E-state index contributed by atoms with van der Waals surface area (Å²) in [7, 11) is 2.20. The van der Waals surface area contributed by atoms with Crippen LogP contribution in [0.4, 0.5) is 0 Å². The van der Waals surface area contributed by atoms with Crippen LogP contribution in [0.2, 0.25) is 0 Å². The van der Waals surface area contributed by atoms with Gasteiger partial charge in [0.2, 0.25) is 0 Å². The number of nitriles is 1. The lowest BCUT2D eigenvalue weighted by molar-refractivity contribution is 0.233. The Bertz CT molecular complexity index is 259. The second kappa shape index (κ2) is 6.98. The first-order valence-electron chi connectivity index (χ1n) is 7.04. The third kappa shape index (κ3) is 3.97. The standard InChI is InChI=1S/C14H27N3/c1-4-6-10-17(3)13-7-8-14(11-13,12-15)16-9-5-2/h13,16H,4-11H2,1-3H3. The molecule has 0 aromatic heterocycles. The summed E-state index contributed by atoms with van der Waals surface area (Å²) in [5.74, 6) is 0. The lowest BCUT2D eigenvalue weighted by Gasteiger charge is -2.27. The van der Waals surface area contributed by atoms with E-state index in [0.29, 0.717) is 6.04 Å². The molecule has 2 unspecified atom stereocenters. The Kier molecular flexibility index (Phi) is 5.94. The molecule has 0 heterocycles. The number of hydrogen-bond acceptors (Lipinski definition) is 3. The van der Waals surface area contributed by atoms with Crippen molar-refractivity contribution in [2.24, 2.45) is 0 Å². The van der Waals surface area contributed by atoms with Gasteiger partial charge in [-0.1, -0.05) is 20.3 Å². The van der Waals surface area contributed by atoms with Gasteiger partial charge in [0, 0.05) is 6.04 Å². The van der Waals surface area contributed by atoms with Gasteiger partial charge in [0.15, 0.2) is 0 Å². The van der Waals surface area contributed by atoms with E-state index >= 15 is 0 Å². The van der Waals surface area contributed by atoms with E-state index in [2.05, 4.69) is 37.2 Å². The SMILES string of the molecule is CCCCN(C)C1CCC(C#N)(NCCC)C1. The van der Waals surface area contributed by atoms with E-state index in [0.717, 1.165) is 38.8 Å². The quantitative estimate of drug-likeness (QED) is 0.739. The average Bonchev–Trinajstić information content (AvgIpc) is 2.78. The van der Waals surface area contributed by atoms with Crippen molar-refractivity contribution in [2.75, 3.05) is 20.1 Å². The molecule has 1 rings (SSSR count). The minimum Gasteiger partial charge on any atom is -0.303 e. The maximum absolute atomic E-state index is 9.39. The molecular weight excluding hydrogens is 210 g/mol. The van der Waals surface area contributed by atoms with Crippen molar-refractivity contribution in [3.8, 4) is 6.07 Å². The first-order valence-corrected chi connectivity index (χ1v) is 7.04. The molecule has 1 N–H and O–H groups in total. The maximum atomic E-state index is 9.39. The molecule has 1 aliphatic carbocycles. The number of nitrogens with zero attached hydrogens (tertiary/aromatic N) is 2. The summed E-state index contributed by atoms with van der Waals surface area (Å²) in [6.07, 6.45) is 6.75. The van der Waals surface area contributed by atoms with Crippen LogP contribution in [-0.2, 0) is 0 Å². The van der Waals surface area contributed by atoms with Crippen LogP contribution >= 0.6 is 0 Å². The fourth-order valence-corrected chi connectivity index (χ4v) is 2.65. The minimum absolute atomic E-state index is 0.249. The molecule has 0 amide bonds. The second-order valence-corrected chi connectivity index (χ2v) is 5.35. The van der Waals surface area contributed by atoms with Crippen molar-refractivity contribution in [1.82, 2.24) is 10.2 Å². The van der Waals surface area contributed by atoms with Gasteiger partial charge in [-0.2, -0.15) is 5.26 Å². The van der Waals surface area contributed by atoms with Crippen LogP contribution in [0.15, 0.2) is 0 Å². The Morgan fingerprint density at radius 2 is 2.18 bits per heavy atom. The lowest BCUT2D eigenvalue weighted by atomic mass is 9.99. The molecule has 0 saturated heterocycles. The molecule has 3 nitrogen and oxygen atoms in total. The normalized spacial score (nSPS) is 28.5. The van der Waals surface area contributed by atoms with Crippen molar-refractivity contribution in [1.29, 1.82) is 5.26 Å². The third-order valence-corrected chi connectivity index (χ3v) is 3.90. The predicted molar refractivity (Wildman–Crippen MR) is 71.8 cm³/mol. The maximum Gasteiger partial charge on any atom is 0.108 e. The fraction of sp³-hybridized carbons (Fsp3) is 0.929. The topological polar surface area (TPSA) is 39.1 Å². The second-order valence-electron chi connectivity index (χ2n) is 5.35. The monoisotopic (exact) mass is 237 g/mol. The van der Waals surface area contributed by atoms with E-state index in [9.17, 15) is 5.26 Å². The summed E-state index contributed by atoms with van der Waals surface area (Å²) in [5, 5.41) is 12.8.